The number of nitrogens with one attached hydrogen (secondary N) is 1. The standard InChI is InChI=1S/C36H52N2O4S/c1-23(12-17-34(39)40)29-15-16-30-28-14-13-24-22-25(18-20-35(24,2)31(28)19-21-36(29,30)3)37-43(41,42)33-11-7-8-26-27(33)9-6-10-32(26)38(4)5/h6-11,23-25,28-31,37H,12-22H2,1-5H3,(H,39,40)/t23?,24-,25-,28?,29?,30?,31?,35+,36-/m1/s1. The molecular formula is C36H52N2O4S. The monoisotopic (exact) mass is 608 g/mol. The molecule has 0 aromatic heterocycles. The molecule has 2 aromatic carbocycles. The summed E-state index contributed by atoms with van der Waals surface area (Å²) in [5.74, 6) is 3.21. The lowest BCUT2D eigenvalue weighted by molar-refractivity contribution is -0.137. The molecule has 5 unspecified atom stereocenters. The Kier molecular flexibility index (Phi) is 8.15. The molecule has 0 radical (unpaired) electrons. The Labute approximate surface area is 259 Å². The Bertz CT molecular complexity index is 1470. The first-order valence-corrected chi connectivity index (χ1v) is 18.3. The summed E-state index contributed by atoms with van der Waals surface area (Å²) in [6.45, 7) is 7.38. The number of sulfonamides is 1. The Balaban J connectivity index is 1.16. The second-order valence-electron chi connectivity index (χ2n) is 15.4. The van der Waals surface area contributed by atoms with E-state index >= 15 is 0 Å². The van der Waals surface area contributed by atoms with Crippen molar-refractivity contribution in [3.8, 4) is 0 Å². The van der Waals surface area contributed by atoms with Crippen molar-refractivity contribution < 1.29 is 18.3 Å². The lowest BCUT2D eigenvalue weighted by atomic mass is 9.44. The van der Waals surface area contributed by atoms with E-state index < -0.39 is 16.0 Å². The Morgan fingerprint density at radius 1 is 0.953 bits per heavy atom. The maximum atomic E-state index is 13.8. The minimum Gasteiger partial charge on any atom is -0.481 e. The van der Waals surface area contributed by atoms with Gasteiger partial charge >= 0.3 is 5.97 Å². The predicted molar refractivity (Wildman–Crippen MR) is 174 cm³/mol. The van der Waals surface area contributed by atoms with Crippen molar-refractivity contribution in [1.29, 1.82) is 0 Å². The number of fused-ring (bicyclic) bond motifs is 6. The third kappa shape index (κ3) is 5.30. The van der Waals surface area contributed by atoms with Crippen LogP contribution in [0.1, 0.15) is 91.4 Å². The van der Waals surface area contributed by atoms with Gasteiger partial charge in [0.25, 0.3) is 0 Å². The number of benzene rings is 2. The van der Waals surface area contributed by atoms with E-state index in [0.717, 1.165) is 59.9 Å². The summed E-state index contributed by atoms with van der Waals surface area (Å²) in [5.41, 5.74) is 1.63. The lowest BCUT2D eigenvalue weighted by Crippen LogP contribution is -2.55. The van der Waals surface area contributed by atoms with Crippen molar-refractivity contribution in [2.24, 2.45) is 46.3 Å². The van der Waals surface area contributed by atoms with Crippen LogP contribution >= 0.6 is 0 Å². The summed E-state index contributed by atoms with van der Waals surface area (Å²) < 4.78 is 30.8. The quantitative estimate of drug-likeness (QED) is 0.321. The molecule has 6 rings (SSSR count). The molecule has 6 nitrogen and oxygen atoms in total. The van der Waals surface area contributed by atoms with Crippen LogP contribution in [0.2, 0.25) is 0 Å². The maximum absolute atomic E-state index is 13.8. The van der Waals surface area contributed by atoms with Crippen LogP contribution in [0.25, 0.3) is 10.8 Å². The van der Waals surface area contributed by atoms with Crippen LogP contribution in [0.15, 0.2) is 41.3 Å². The molecular weight excluding hydrogens is 556 g/mol. The number of carbonyl (C=O) groups is 1. The first-order valence-electron chi connectivity index (χ1n) is 16.8. The molecule has 0 aliphatic heterocycles. The smallest absolute Gasteiger partial charge is 0.303 e. The van der Waals surface area contributed by atoms with Crippen LogP contribution in [0.3, 0.4) is 0 Å². The van der Waals surface area contributed by atoms with Crippen molar-refractivity contribution in [3.05, 3.63) is 36.4 Å². The normalized spacial score (nSPS) is 36.4. The molecule has 7 heteroatoms. The highest BCUT2D eigenvalue weighted by molar-refractivity contribution is 7.89. The Hall–Kier alpha value is -2.12. The average molecular weight is 609 g/mol. The number of aliphatic carboxylic acids is 1. The fraction of sp³-hybridized carbons (Fsp3) is 0.694. The highest BCUT2D eigenvalue weighted by atomic mass is 32.2. The summed E-state index contributed by atoms with van der Waals surface area (Å²) in [7, 11) is 0.318. The molecule has 4 aliphatic carbocycles. The van der Waals surface area contributed by atoms with E-state index in [0.29, 0.717) is 28.1 Å². The van der Waals surface area contributed by atoms with Crippen LogP contribution in [-0.2, 0) is 14.8 Å². The van der Waals surface area contributed by atoms with E-state index in [1.54, 1.807) is 6.07 Å². The first-order chi connectivity index (χ1) is 20.3. The second-order valence-corrected chi connectivity index (χ2v) is 17.1. The van der Waals surface area contributed by atoms with Gasteiger partial charge in [-0.25, -0.2) is 13.1 Å². The highest BCUT2D eigenvalue weighted by Gasteiger charge is 2.60. The molecule has 2 aromatic rings. The van der Waals surface area contributed by atoms with Gasteiger partial charge in [0.05, 0.1) is 4.90 Å². The largest absolute Gasteiger partial charge is 0.481 e. The molecule has 0 heterocycles. The third-order valence-corrected chi connectivity index (χ3v) is 14.8. The highest BCUT2D eigenvalue weighted by Crippen LogP contribution is 2.68. The van der Waals surface area contributed by atoms with Crippen LogP contribution in [0, 0.1) is 46.3 Å². The van der Waals surface area contributed by atoms with Crippen LogP contribution in [0.4, 0.5) is 5.69 Å². The Morgan fingerprint density at radius 3 is 2.40 bits per heavy atom. The lowest BCUT2D eigenvalue weighted by Gasteiger charge is -2.61. The van der Waals surface area contributed by atoms with Gasteiger partial charge in [0.2, 0.25) is 10.0 Å². The van der Waals surface area contributed by atoms with Gasteiger partial charge in [-0.3, -0.25) is 4.79 Å². The number of nitrogens with zero attached hydrogens (tertiary/aromatic N) is 1. The molecule has 4 saturated carbocycles. The van der Waals surface area contributed by atoms with Gasteiger partial charge in [0, 0.05) is 43.0 Å². The molecule has 9 atom stereocenters. The summed E-state index contributed by atoms with van der Waals surface area (Å²) in [4.78, 5) is 13.7. The van der Waals surface area contributed by atoms with Crippen molar-refractivity contribution in [2.45, 2.75) is 102 Å². The van der Waals surface area contributed by atoms with Gasteiger partial charge in [0.15, 0.2) is 0 Å². The summed E-state index contributed by atoms with van der Waals surface area (Å²) >= 11 is 0. The van der Waals surface area contributed by atoms with Crippen LogP contribution in [0.5, 0.6) is 0 Å². The number of anilines is 1. The Morgan fingerprint density at radius 2 is 1.65 bits per heavy atom. The number of carboxylic acids is 1. The second kappa shape index (κ2) is 11.3. The molecule has 0 spiro atoms. The summed E-state index contributed by atoms with van der Waals surface area (Å²) in [6, 6.07) is 11.5. The average Bonchev–Trinajstić information content (AvgIpc) is 3.32. The zero-order chi connectivity index (χ0) is 30.7. The van der Waals surface area contributed by atoms with Gasteiger partial charge in [-0.15, -0.1) is 0 Å². The van der Waals surface area contributed by atoms with Gasteiger partial charge in [0.1, 0.15) is 0 Å². The van der Waals surface area contributed by atoms with Crippen molar-refractivity contribution in [2.75, 3.05) is 19.0 Å². The molecule has 0 amide bonds. The van der Waals surface area contributed by atoms with E-state index in [4.69, 9.17) is 0 Å². The molecule has 4 aliphatic rings. The van der Waals surface area contributed by atoms with E-state index in [1.165, 1.54) is 38.5 Å². The van der Waals surface area contributed by atoms with Gasteiger partial charge < -0.3 is 10.0 Å². The van der Waals surface area contributed by atoms with E-state index in [-0.39, 0.29) is 17.9 Å². The van der Waals surface area contributed by atoms with Crippen molar-refractivity contribution in [3.63, 3.8) is 0 Å². The predicted octanol–water partition coefficient (Wildman–Crippen LogP) is 7.71. The topological polar surface area (TPSA) is 86.7 Å². The fourth-order valence-electron chi connectivity index (χ4n) is 11.1. The van der Waals surface area contributed by atoms with Crippen molar-refractivity contribution in [1.82, 2.24) is 4.72 Å². The first kappa shape index (κ1) is 30.9. The van der Waals surface area contributed by atoms with Gasteiger partial charge in [-0.05, 0) is 123 Å². The fourth-order valence-corrected chi connectivity index (χ4v) is 12.6. The van der Waals surface area contributed by atoms with E-state index in [2.05, 4.69) is 25.5 Å². The summed E-state index contributed by atoms with van der Waals surface area (Å²) in [5, 5.41) is 11.0. The van der Waals surface area contributed by atoms with Crippen molar-refractivity contribution >= 4 is 32.5 Å². The molecule has 2 N–H and O–H groups in total. The number of carboxylic acid groups (broad SMARTS) is 1. The minimum absolute atomic E-state index is 0.0216. The SMILES string of the molecule is CC(CCC(=O)O)C1CCC2C3CC[C@@H]4C[C@H](NS(=O)(=O)c5cccc6c(N(C)C)cccc56)CC[C@]4(C)C3CC[C@]12C. The van der Waals surface area contributed by atoms with Crippen LogP contribution < -0.4 is 9.62 Å². The van der Waals surface area contributed by atoms with E-state index in [1.807, 2.05) is 49.3 Å². The number of rotatable bonds is 8. The van der Waals surface area contributed by atoms with E-state index in [9.17, 15) is 18.3 Å². The maximum Gasteiger partial charge on any atom is 0.303 e. The summed E-state index contributed by atoms with van der Waals surface area (Å²) in [6.07, 6.45) is 11.5. The number of hydrogen-bond donors (Lipinski definition) is 2. The molecule has 0 bridgehead atoms. The van der Waals surface area contributed by atoms with Crippen LogP contribution in [-0.4, -0.2) is 39.6 Å². The zero-order valence-corrected chi connectivity index (χ0v) is 27.6. The van der Waals surface area contributed by atoms with Gasteiger partial charge in [-0.1, -0.05) is 45.0 Å². The minimum atomic E-state index is -3.66. The van der Waals surface area contributed by atoms with Gasteiger partial charge in [-0.2, -0.15) is 0 Å². The number of hydrogen-bond acceptors (Lipinski definition) is 4. The molecule has 0 saturated heterocycles. The molecule has 236 valence electrons. The molecule has 43 heavy (non-hydrogen) atoms. The molecule has 4 fully saturated rings. The third-order valence-electron chi connectivity index (χ3n) is 13.2. The zero-order valence-electron chi connectivity index (χ0n) is 26.8.